The van der Waals surface area contributed by atoms with E-state index in [-0.39, 0.29) is 27.3 Å². The van der Waals surface area contributed by atoms with Gasteiger partial charge in [-0.3, -0.25) is 9.59 Å². The summed E-state index contributed by atoms with van der Waals surface area (Å²) in [5.41, 5.74) is 6.55. The Morgan fingerprint density at radius 1 is 1.26 bits per heavy atom. The number of amides is 2. The number of esters is 1. The zero-order valence-corrected chi connectivity index (χ0v) is 21.8. The van der Waals surface area contributed by atoms with E-state index in [0.717, 1.165) is 23.1 Å². The Kier molecular flexibility index (Phi) is 8.24. The van der Waals surface area contributed by atoms with Crippen molar-refractivity contribution in [3.63, 3.8) is 0 Å². The highest BCUT2D eigenvalue weighted by Crippen LogP contribution is 2.34. The molecule has 9 nitrogen and oxygen atoms in total. The molecule has 1 aromatic carbocycles. The minimum atomic E-state index is -0.691. The minimum absolute atomic E-state index is 0.0259. The van der Waals surface area contributed by atoms with Crippen LogP contribution in [-0.4, -0.2) is 44.4 Å². The van der Waals surface area contributed by atoms with E-state index >= 15 is 0 Å². The average Bonchev–Trinajstić information content (AvgIpc) is 3.25. The number of benzene rings is 1. The molecule has 0 aliphatic carbocycles. The number of carbonyl (C=O) groups is 3. The van der Waals surface area contributed by atoms with Gasteiger partial charge in [0.15, 0.2) is 11.0 Å². The predicted molar refractivity (Wildman–Crippen MR) is 134 cm³/mol. The number of rotatable bonds is 8. The van der Waals surface area contributed by atoms with Gasteiger partial charge in [0.1, 0.15) is 5.00 Å². The van der Waals surface area contributed by atoms with E-state index in [2.05, 4.69) is 15.5 Å². The maximum atomic E-state index is 12.7. The summed E-state index contributed by atoms with van der Waals surface area (Å²) in [6, 6.07) is 5.05. The molecule has 0 spiro atoms. The molecule has 0 aliphatic heterocycles. The molecular formula is C21H21Cl2N5O4S2. The molecule has 0 bridgehead atoms. The lowest BCUT2D eigenvalue weighted by Crippen LogP contribution is -2.18. The molecule has 0 saturated carbocycles. The zero-order chi connectivity index (χ0) is 25.2. The molecule has 34 heavy (non-hydrogen) atoms. The van der Waals surface area contributed by atoms with Gasteiger partial charge in [-0.25, -0.2) is 4.79 Å². The van der Waals surface area contributed by atoms with Crippen molar-refractivity contribution in [3.05, 3.63) is 44.2 Å². The molecule has 3 N–H and O–H groups in total. The van der Waals surface area contributed by atoms with E-state index in [1.807, 2.05) is 0 Å². The van der Waals surface area contributed by atoms with E-state index in [1.165, 1.54) is 0 Å². The Morgan fingerprint density at radius 2 is 1.97 bits per heavy atom. The standard InChI is InChI=1S/C21H21Cl2N5O4S2/c1-9(2)32-20(31)15-10(3)16(17(24)30)34-19(15)25-14(29)8-33-21-27-26-18(28(21)4)12-6-5-11(22)7-13(12)23/h5-7,9H,8H2,1-4H3,(H2,24,30)(H,25,29). The molecule has 0 aliphatic rings. The highest BCUT2D eigenvalue weighted by molar-refractivity contribution is 7.99. The van der Waals surface area contributed by atoms with Gasteiger partial charge >= 0.3 is 5.97 Å². The molecule has 2 aromatic heterocycles. The van der Waals surface area contributed by atoms with Gasteiger partial charge < -0.3 is 20.4 Å². The van der Waals surface area contributed by atoms with Crippen molar-refractivity contribution in [1.29, 1.82) is 0 Å². The molecule has 0 saturated heterocycles. The number of anilines is 1. The Morgan fingerprint density at radius 3 is 2.59 bits per heavy atom. The van der Waals surface area contributed by atoms with Crippen LogP contribution >= 0.6 is 46.3 Å². The monoisotopic (exact) mass is 541 g/mol. The number of hydrogen-bond donors (Lipinski definition) is 2. The highest BCUT2D eigenvalue weighted by atomic mass is 35.5. The normalized spacial score (nSPS) is 11.0. The van der Waals surface area contributed by atoms with Crippen LogP contribution in [-0.2, 0) is 16.6 Å². The van der Waals surface area contributed by atoms with Gasteiger partial charge in [0.05, 0.1) is 27.3 Å². The van der Waals surface area contributed by atoms with Gasteiger partial charge in [-0.1, -0.05) is 35.0 Å². The maximum Gasteiger partial charge on any atom is 0.341 e. The van der Waals surface area contributed by atoms with Crippen molar-refractivity contribution in [2.24, 2.45) is 12.8 Å². The van der Waals surface area contributed by atoms with E-state index in [4.69, 9.17) is 33.7 Å². The Labute approximate surface area is 214 Å². The van der Waals surface area contributed by atoms with Crippen LogP contribution in [0.25, 0.3) is 11.4 Å². The van der Waals surface area contributed by atoms with Crippen LogP contribution in [0.5, 0.6) is 0 Å². The molecule has 0 unspecified atom stereocenters. The summed E-state index contributed by atoms with van der Waals surface area (Å²) in [5.74, 6) is -1.25. The fourth-order valence-electron chi connectivity index (χ4n) is 2.99. The van der Waals surface area contributed by atoms with Crippen molar-refractivity contribution >= 4 is 69.1 Å². The quantitative estimate of drug-likeness (QED) is 0.316. The van der Waals surface area contributed by atoms with E-state index in [9.17, 15) is 14.4 Å². The second-order valence-electron chi connectivity index (χ2n) is 7.40. The first-order valence-corrected chi connectivity index (χ1v) is 12.5. The van der Waals surface area contributed by atoms with Gasteiger partial charge in [-0.2, -0.15) is 0 Å². The van der Waals surface area contributed by atoms with Crippen molar-refractivity contribution in [3.8, 4) is 11.4 Å². The third-order valence-electron chi connectivity index (χ3n) is 4.51. The van der Waals surface area contributed by atoms with Crippen molar-refractivity contribution < 1.29 is 19.1 Å². The number of hydrogen-bond acceptors (Lipinski definition) is 8. The summed E-state index contributed by atoms with van der Waals surface area (Å²) in [6.07, 6.45) is -0.373. The number of nitrogens with zero attached hydrogens (tertiary/aromatic N) is 3. The number of ether oxygens (including phenoxy) is 1. The first-order chi connectivity index (χ1) is 16.0. The molecule has 2 amide bonds. The summed E-state index contributed by atoms with van der Waals surface area (Å²) in [4.78, 5) is 37.2. The number of carbonyl (C=O) groups excluding carboxylic acids is 3. The second-order valence-corrected chi connectivity index (χ2v) is 10.2. The van der Waals surface area contributed by atoms with E-state index in [1.54, 1.807) is 50.6 Å². The van der Waals surface area contributed by atoms with E-state index in [0.29, 0.717) is 32.2 Å². The third kappa shape index (κ3) is 5.72. The third-order valence-corrected chi connectivity index (χ3v) is 7.30. The number of nitrogens with two attached hydrogens (primary N) is 1. The summed E-state index contributed by atoms with van der Waals surface area (Å²) in [6.45, 7) is 4.99. The lowest BCUT2D eigenvalue weighted by molar-refractivity contribution is -0.113. The first kappa shape index (κ1) is 26.0. The summed E-state index contributed by atoms with van der Waals surface area (Å²) < 4.78 is 6.97. The number of thioether (sulfide) groups is 1. The number of nitrogens with one attached hydrogen (secondary N) is 1. The van der Waals surface area contributed by atoms with Crippen LogP contribution in [0.3, 0.4) is 0 Å². The summed E-state index contributed by atoms with van der Waals surface area (Å²) >= 11 is 14.3. The molecule has 3 rings (SSSR count). The van der Waals surface area contributed by atoms with Crippen molar-refractivity contribution in [2.75, 3.05) is 11.1 Å². The Bertz CT molecular complexity index is 1270. The number of halogens is 2. The fraction of sp³-hybridized carbons (Fsp3) is 0.286. The van der Waals surface area contributed by atoms with Crippen LogP contribution in [0.4, 0.5) is 5.00 Å². The zero-order valence-electron chi connectivity index (χ0n) is 18.6. The highest BCUT2D eigenvalue weighted by Gasteiger charge is 2.26. The van der Waals surface area contributed by atoms with Crippen LogP contribution < -0.4 is 11.1 Å². The van der Waals surface area contributed by atoms with Crippen molar-refractivity contribution in [2.45, 2.75) is 32.0 Å². The fourth-order valence-corrected chi connectivity index (χ4v) is 5.26. The van der Waals surface area contributed by atoms with Gasteiger partial charge in [0.25, 0.3) is 5.91 Å². The topological polar surface area (TPSA) is 129 Å². The molecule has 2 heterocycles. The second kappa shape index (κ2) is 10.8. The average molecular weight is 542 g/mol. The molecule has 0 fully saturated rings. The van der Waals surface area contributed by atoms with Crippen LogP contribution in [0.2, 0.25) is 10.0 Å². The predicted octanol–water partition coefficient (Wildman–Crippen LogP) is 4.55. The number of aromatic nitrogens is 3. The van der Waals surface area contributed by atoms with E-state index < -0.39 is 17.8 Å². The van der Waals surface area contributed by atoms with Gasteiger partial charge in [-0.15, -0.1) is 21.5 Å². The SMILES string of the molecule is Cc1c(C(N)=O)sc(NC(=O)CSc2nnc(-c3ccc(Cl)cc3Cl)n2C)c1C(=O)OC(C)C. The van der Waals surface area contributed by atoms with Gasteiger partial charge in [0.2, 0.25) is 5.91 Å². The molecule has 3 aromatic rings. The minimum Gasteiger partial charge on any atom is -0.459 e. The van der Waals surface area contributed by atoms with Gasteiger partial charge in [-0.05, 0) is 44.5 Å². The van der Waals surface area contributed by atoms with Crippen molar-refractivity contribution in [1.82, 2.24) is 14.8 Å². The Hall–Kier alpha value is -2.60. The molecule has 0 atom stereocenters. The molecule has 0 radical (unpaired) electrons. The smallest absolute Gasteiger partial charge is 0.341 e. The molecule has 180 valence electrons. The molecule has 13 heteroatoms. The first-order valence-electron chi connectivity index (χ1n) is 9.91. The number of primary amides is 1. The van der Waals surface area contributed by atoms with Crippen LogP contribution in [0, 0.1) is 6.92 Å². The maximum absolute atomic E-state index is 12.7. The largest absolute Gasteiger partial charge is 0.459 e. The lowest BCUT2D eigenvalue weighted by atomic mass is 10.1. The van der Waals surface area contributed by atoms with Crippen LogP contribution in [0.1, 0.15) is 39.4 Å². The summed E-state index contributed by atoms with van der Waals surface area (Å²) in [5, 5.41) is 12.6. The molecular weight excluding hydrogens is 521 g/mol. The van der Waals surface area contributed by atoms with Crippen LogP contribution in [0.15, 0.2) is 23.4 Å². The lowest BCUT2D eigenvalue weighted by Gasteiger charge is -2.10. The summed E-state index contributed by atoms with van der Waals surface area (Å²) in [7, 11) is 1.75. The Balaban J connectivity index is 1.76. The number of thiophene rings is 1. The van der Waals surface area contributed by atoms with Gasteiger partial charge in [0, 0.05) is 17.6 Å².